The Labute approximate surface area is 160 Å². The Balaban J connectivity index is 1.38. The minimum atomic E-state index is 0.192. The molecule has 26 heavy (non-hydrogen) atoms. The average molecular weight is 366 g/mol. The second-order valence-electron chi connectivity index (χ2n) is 8.84. The minimum absolute atomic E-state index is 0.192. The van der Waals surface area contributed by atoms with E-state index in [0.717, 1.165) is 37.5 Å². The molecule has 3 rings (SSSR count). The molecule has 5 nitrogen and oxygen atoms in total. The summed E-state index contributed by atoms with van der Waals surface area (Å²) >= 11 is 0. The van der Waals surface area contributed by atoms with Crippen molar-refractivity contribution in [2.45, 2.75) is 65.0 Å². The number of likely N-dealkylation sites (tertiary alicyclic amines) is 2. The van der Waals surface area contributed by atoms with Gasteiger partial charge in [0.15, 0.2) is 0 Å². The third kappa shape index (κ3) is 5.20. The van der Waals surface area contributed by atoms with Gasteiger partial charge in [0.1, 0.15) is 0 Å². The molecule has 0 spiro atoms. The lowest BCUT2D eigenvalue weighted by Gasteiger charge is -2.43. The van der Waals surface area contributed by atoms with Crippen LogP contribution in [-0.4, -0.2) is 85.2 Å². The Morgan fingerprint density at radius 1 is 1.04 bits per heavy atom. The van der Waals surface area contributed by atoms with Gasteiger partial charge in [-0.05, 0) is 63.7 Å². The highest BCUT2D eigenvalue weighted by molar-refractivity contribution is 5.75. The fourth-order valence-corrected chi connectivity index (χ4v) is 4.99. The van der Waals surface area contributed by atoms with Gasteiger partial charge in [-0.2, -0.15) is 0 Å². The number of hydrogen-bond donors (Lipinski definition) is 0. The van der Waals surface area contributed by atoms with Crippen LogP contribution in [0.1, 0.15) is 52.9 Å². The van der Waals surface area contributed by atoms with E-state index >= 15 is 0 Å². The summed E-state index contributed by atoms with van der Waals surface area (Å²) in [6.07, 6.45) is 6.14. The largest absolute Gasteiger partial charge is 0.373 e. The molecule has 0 aliphatic carbocycles. The first-order chi connectivity index (χ1) is 12.6. The van der Waals surface area contributed by atoms with Crippen molar-refractivity contribution >= 4 is 5.91 Å². The van der Waals surface area contributed by atoms with E-state index in [-0.39, 0.29) is 12.0 Å². The smallest absolute Gasteiger partial charge is 0.222 e. The third-order valence-corrected chi connectivity index (χ3v) is 6.85. The van der Waals surface area contributed by atoms with Crippen molar-refractivity contribution in [3.05, 3.63) is 0 Å². The Hall–Kier alpha value is -0.650. The highest BCUT2D eigenvalue weighted by Crippen LogP contribution is 2.28. The molecular weight excluding hydrogens is 326 g/mol. The number of hydrogen-bond acceptors (Lipinski definition) is 4. The molecule has 3 heterocycles. The number of carbonyl (C=O) groups excluding carboxylic acids is 1. The number of morpholine rings is 1. The fourth-order valence-electron chi connectivity index (χ4n) is 4.99. The summed E-state index contributed by atoms with van der Waals surface area (Å²) in [6.45, 7) is 14.9. The summed E-state index contributed by atoms with van der Waals surface area (Å²) in [5, 5.41) is 0. The Kier molecular flexibility index (Phi) is 7.35. The topological polar surface area (TPSA) is 36.0 Å². The SMILES string of the molecule is CCC(=O)N1CCO[C@@H](CN2CCC(N3CCC(C(C)C)CC3)CC2)C1. The second-order valence-corrected chi connectivity index (χ2v) is 8.84. The molecule has 150 valence electrons. The Bertz CT molecular complexity index is 441. The van der Waals surface area contributed by atoms with Gasteiger partial charge in [-0.25, -0.2) is 0 Å². The van der Waals surface area contributed by atoms with Crippen LogP contribution < -0.4 is 0 Å². The van der Waals surface area contributed by atoms with E-state index in [4.69, 9.17) is 4.74 Å². The minimum Gasteiger partial charge on any atom is -0.373 e. The van der Waals surface area contributed by atoms with Crippen LogP contribution in [0, 0.1) is 11.8 Å². The number of rotatable bonds is 5. The number of ether oxygens (including phenoxy) is 1. The molecule has 3 aliphatic heterocycles. The van der Waals surface area contributed by atoms with Gasteiger partial charge in [-0.3, -0.25) is 4.79 Å². The molecule has 0 aromatic heterocycles. The molecule has 0 aromatic carbocycles. The maximum atomic E-state index is 11.9. The maximum Gasteiger partial charge on any atom is 0.222 e. The molecule has 0 N–H and O–H groups in total. The van der Waals surface area contributed by atoms with E-state index < -0.39 is 0 Å². The molecule has 0 aromatic rings. The van der Waals surface area contributed by atoms with Gasteiger partial charge >= 0.3 is 0 Å². The summed E-state index contributed by atoms with van der Waals surface area (Å²) in [7, 11) is 0. The fraction of sp³-hybridized carbons (Fsp3) is 0.952. The lowest BCUT2D eigenvalue weighted by molar-refractivity contribution is -0.139. The summed E-state index contributed by atoms with van der Waals surface area (Å²) in [4.78, 5) is 19.2. The Morgan fingerprint density at radius 2 is 1.73 bits per heavy atom. The normalized spacial score (nSPS) is 28.0. The number of nitrogens with zero attached hydrogens (tertiary/aromatic N) is 3. The molecule has 3 fully saturated rings. The maximum absolute atomic E-state index is 11.9. The summed E-state index contributed by atoms with van der Waals surface area (Å²) < 4.78 is 5.94. The lowest BCUT2D eigenvalue weighted by Crippen LogP contribution is -2.52. The van der Waals surface area contributed by atoms with Crippen molar-refractivity contribution in [2.24, 2.45) is 11.8 Å². The second kappa shape index (κ2) is 9.52. The molecule has 1 atom stereocenters. The molecule has 0 unspecified atom stereocenters. The molecule has 0 radical (unpaired) electrons. The monoisotopic (exact) mass is 365 g/mol. The molecule has 0 bridgehead atoms. The van der Waals surface area contributed by atoms with Crippen LogP contribution in [0.25, 0.3) is 0 Å². The predicted molar refractivity (Wildman–Crippen MR) is 105 cm³/mol. The zero-order valence-electron chi connectivity index (χ0n) is 17.2. The van der Waals surface area contributed by atoms with Crippen molar-refractivity contribution in [2.75, 3.05) is 52.4 Å². The number of carbonyl (C=O) groups is 1. The van der Waals surface area contributed by atoms with Gasteiger partial charge < -0.3 is 19.4 Å². The zero-order valence-corrected chi connectivity index (χ0v) is 17.2. The van der Waals surface area contributed by atoms with E-state index in [1.54, 1.807) is 0 Å². The summed E-state index contributed by atoms with van der Waals surface area (Å²) in [5.74, 6) is 2.04. The van der Waals surface area contributed by atoms with Gasteiger partial charge in [0.25, 0.3) is 0 Å². The van der Waals surface area contributed by atoms with Crippen LogP contribution in [0.4, 0.5) is 0 Å². The predicted octanol–water partition coefficient (Wildman–Crippen LogP) is 2.46. The Morgan fingerprint density at radius 3 is 2.35 bits per heavy atom. The van der Waals surface area contributed by atoms with Crippen molar-refractivity contribution < 1.29 is 9.53 Å². The molecule has 3 saturated heterocycles. The van der Waals surface area contributed by atoms with Gasteiger partial charge in [-0.1, -0.05) is 20.8 Å². The van der Waals surface area contributed by atoms with Gasteiger partial charge in [-0.15, -0.1) is 0 Å². The lowest BCUT2D eigenvalue weighted by atomic mass is 9.85. The van der Waals surface area contributed by atoms with Crippen molar-refractivity contribution in [3.8, 4) is 0 Å². The van der Waals surface area contributed by atoms with Crippen LogP contribution in [0.5, 0.6) is 0 Å². The molecule has 0 saturated carbocycles. The van der Waals surface area contributed by atoms with Crippen LogP contribution >= 0.6 is 0 Å². The summed E-state index contributed by atoms with van der Waals surface area (Å²) in [5.41, 5.74) is 0. The zero-order chi connectivity index (χ0) is 18.5. The molecule has 1 amide bonds. The summed E-state index contributed by atoms with van der Waals surface area (Å²) in [6, 6.07) is 0.782. The standard InChI is InChI=1S/C21H39N3O2/c1-4-21(25)24-13-14-26-20(16-24)15-22-9-7-19(8-10-22)23-11-5-18(6-12-23)17(2)3/h17-20H,4-16H2,1-3H3/t20-/m0/s1. The van der Waals surface area contributed by atoms with E-state index in [9.17, 15) is 4.79 Å². The van der Waals surface area contributed by atoms with Crippen LogP contribution in [0.3, 0.4) is 0 Å². The van der Waals surface area contributed by atoms with Crippen molar-refractivity contribution in [1.82, 2.24) is 14.7 Å². The average Bonchev–Trinajstić information content (AvgIpc) is 2.68. The van der Waals surface area contributed by atoms with Gasteiger partial charge in [0, 0.05) is 32.1 Å². The molecular formula is C21H39N3O2. The number of amides is 1. The highest BCUT2D eigenvalue weighted by atomic mass is 16.5. The van der Waals surface area contributed by atoms with E-state index in [1.165, 1.54) is 51.9 Å². The van der Waals surface area contributed by atoms with Crippen LogP contribution in [0.2, 0.25) is 0 Å². The molecule has 5 heteroatoms. The van der Waals surface area contributed by atoms with E-state index in [1.807, 2.05) is 11.8 Å². The molecule has 3 aliphatic rings. The van der Waals surface area contributed by atoms with Crippen molar-refractivity contribution in [1.29, 1.82) is 0 Å². The first-order valence-corrected chi connectivity index (χ1v) is 10.9. The van der Waals surface area contributed by atoms with Gasteiger partial charge in [0.2, 0.25) is 5.91 Å². The number of piperidine rings is 2. The van der Waals surface area contributed by atoms with E-state index in [0.29, 0.717) is 13.0 Å². The third-order valence-electron chi connectivity index (χ3n) is 6.85. The van der Waals surface area contributed by atoms with Crippen molar-refractivity contribution in [3.63, 3.8) is 0 Å². The first kappa shape index (κ1) is 20.1. The quantitative estimate of drug-likeness (QED) is 0.750. The van der Waals surface area contributed by atoms with Gasteiger partial charge in [0.05, 0.1) is 12.7 Å². The van der Waals surface area contributed by atoms with Crippen LogP contribution in [0.15, 0.2) is 0 Å². The first-order valence-electron chi connectivity index (χ1n) is 10.9. The van der Waals surface area contributed by atoms with E-state index in [2.05, 4.69) is 23.6 Å². The van der Waals surface area contributed by atoms with Crippen LogP contribution in [-0.2, 0) is 9.53 Å². The highest BCUT2D eigenvalue weighted by Gasteiger charge is 2.31.